The van der Waals surface area contributed by atoms with Crippen molar-refractivity contribution in [2.45, 2.75) is 25.5 Å². The topological polar surface area (TPSA) is 21.3 Å². The molecule has 0 aromatic heterocycles. The van der Waals surface area contributed by atoms with Crippen molar-refractivity contribution in [3.63, 3.8) is 0 Å². The van der Waals surface area contributed by atoms with E-state index in [4.69, 9.17) is 4.74 Å². The molecule has 0 bridgehead atoms. The van der Waals surface area contributed by atoms with Crippen LogP contribution in [-0.2, 0) is 0 Å². The lowest BCUT2D eigenvalue weighted by Gasteiger charge is -2.27. The third-order valence-corrected chi connectivity index (χ3v) is 3.27. The lowest BCUT2D eigenvalue weighted by molar-refractivity contribution is 0.152. The van der Waals surface area contributed by atoms with Crippen LogP contribution >= 0.6 is 0 Å². The minimum Gasteiger partial charge on any atom is -0.488 e. The van der Waals surface area contributed by atoms with Crippen LogP contribution in [0.2, 0.25) is 0 Å². The highest BCUT2D eigenvalue weighted by atomic mass is 16.5. The molecule has 100 valence electrons. The van der Waals surface area contributed by atoms with Crippen LogP contribution in [-0.4, -0.2) is 13.2 Å². The molecule has 2 unspecified atom stereocenters. The molecule has 0 fully saturated rings. The van der Waals surface area contributed by atoms with Crippen LogP contribution in [0.4, 0.5) is 0 Å². The highest BCUT2D eigenvalue weighted by Crippen LogP contribution is 2.23. The summed E-state index contributed by atoms with van der Waals surface area (Å²) < 4.78 is 6.11. The Labute approximate surface area is 115 Å². The quantitative estimate of drug-likeness (QED) is 0.847. The summed E-state index contributed by atoms with van der Waals surface area (Å²) in [7, 11) is 1.98. The van der Waals surface area contributed by atoms with Gasteiger partial charge in [-0.05, 0) is 31.2 Å². The van der Waals surface area contributed by atoms with Gasteiger partial charge in [0.05, 0.1) is 6.04 Å². The van der Waals surface area contributed by atoms with Crippen LogP contribution in [0.1, 0.15) is 24.9 Å². The van der Waals surface area contributed by atoms with Crippen molar-refractivity contribution in [1.29, 1.82) is 0 Å². The lowest BCUT2D eigenvalue weighted by Crippen LogP contribution is -2.33. The fourth-order valence-corrected chi connectivity index (χ4v) is 2.29. The maximum atomic E-state index is 6.11. The smallest absolute Gasteiger partial charge is 0.119 e. The highest BCUT2D eigenvalue weighted by Gasteiger charge is 2.21. The third-order valence-electron chi connectivity index (χ3n) is 3.27. The van der Waals surface area contributed by atoms with Gasteiger partial charge in [-0.25, -0.2) is 0 Å². The zero-order valence-corrected chi connectivity index (χ0v) is 11.5. The lowest BCUT2D eigenvalue weighted by atomic mass is 9.99. The molecule has 0 spiro atoms. The molecular formula is C17H21NO. The molecule has 0 heterocycles. The van der Waals surface area contributed by atoms with Gasteiger partial charge in [0.15, 0.2) is 0 Å². The summed E-state index contributed by atoms with van der Waals surface area (Å²) >= 11 is 0. The Kier molecular flexibility index (Phi) is 4.99. The fraction of sp³-hybridized carbons (Fsp3) is 0.294. The van der Waals surface area contributed by atoms with Gasteiger partial charge in [0.1, 0.15) is 11.9 Å². The van der Waals surface area contributed by atoms with Gasteiger partial charge in [0.25, 0.3) is 0 Å². The third kappa shape index (κ3) is 3.58. The Morgan fingerprint density at radius 1 is 0.947 bits per heavy atom. The summed E-state index contributed by atoms with van der Waals surface area (Å²) in [4.78, 5) is 0. The normalized spacial score (nSPS) is 13.8. The average molecular weight is 255 g/mol. The van der Waals surface area contributed by atoms with Crippen molar-refractivity contribution in [3.05, 3.63) is 66.2 Å². The Bertz CT molecular complexity index is 469. The van der Waals surface area contributed by atoms with Gasteiger partial charge in [-0.15, -0.1) is 0 Å². The number of likely N-dealkylation sites (N-methyl/N-ethyl adjacent to an activating group) is 1. The molecule has 0 aliphatic rings. The molecule has 0 radical (unpaired) electrons. The molecule has 2 aromatic rings. The molecule has 0 aliphatic carbocycles. The van der Waals surface area contributed by atoms with Gasteiger partial charge >= 0.3 is 0 Å². The number of hydrogen-bond acceptors (Lipinski definition) is 2. The highest BCUT2D eigenvalue weighted by molar-refractivity contribution is 5.24. The molecule has 0 aliphatic heterocycles. The maximum absolute atomic E-state index is 6.11. The summed E-state index contributed by atoms with van der Waals surface area (Å²) in [5.41, 5.74) is 1.26. The van der Waals surface area contributed by atoms with E-state index in [0.29, 0.717) is 0 Å². The fourth-order valence-electron chi connectivity index (χ4n) is 2.29. The van der Waals surface area contributed by atoms with Crippen molar-refractivity contribution in [1.82, 2.24) is 5.32 Å². The van der Waals surface area contributed by atoms with E-state index < -0.39 is 0 Å². The van der Waals surface area contributed by atoms with Crippen molar-refractivity contribution in [2.24, 2.45) is 0 Å². The summed E-state index contributed by atoms with van der Waals surface area (Å²) in [5.74, 6) is 0.922. The monoisotopic (exact) mass is 255 g/mol. The van der Waals surface area contributed by atoms with E-state index in [-0.39, 0.29) is 12.1 Å². The first-order chi connectivity index (χ1) is 9.35. The Balaban J connectivity index is 2.15. The maximum Gasteiger partial charge on any atom is 0.119 e. The molecule has 2 atom stereocenters. The molecule has 0 saturated carbocycles. The van der Waals surface area contributed by atoms with Gasteiger partial charge in [-0.3, -0.25) is 0 Å². The Morgan fingerprint density at radius 2 is 1.53 bits per heavy atom. The first-order valence-corrected chi connectivity index (χ1v) is 6.79. The Morgan fingerprint density at radius 3 is 2.05 bits per heavy atom. The van der Waals surface area contributed by atoms with E-state index in [2.05, 4.69) is 36.5 Å². The SMILES string of the molecule is CCC(Oc1ccccc1)C(NC)c1ccccc1. The second-order valence-corrected chi connectivity index (χ2v) is 4.55. The minimum atomic E-state index is 0.120. The van der Waals surface area contributed by atoms with Crippen molar-refractivity contribution in [2.75, 3.05) is 7.05 Å². The zero-order chi connectivity index (χ0) is 13.5. The van der Waals surface area contributed by atoms with E-state index in [9.17, 15) is 0 Å². The van der Waals surface area contributed by atoms with E-state index in [0.717, 1.165) is 12.2 Å². The van der Waals surface area contributed by atoms with Crippen LogP contribution in [0.15, 0.2) is 60.7 Å². The van der Waals surface area contributed by atoms with Gasteiger partial charge in [-0.2, -0.15) is 0 Å². The molecule has 2 rings (SSSR count). The summed E-state index contributed by atoms with van der Waals surface area (Å²) in [5, 5.41) is 3.36. The second-order valence-electron chi connectivity index (χ2n) is 4.55. The van der Waals surface area contributed by atoms with Crippen molar-refractivity contribution in [3.8, 4) is 5.75 Å². The van der Waals surface area contributed by atoms with Gasteiger partial charge in [0, 0.05) is 0 Å². The van der Waals surface area contributed by atoms with E-state index in [1.165, 1.54) is 5.56 Å². The van der Waals surface area contributed by atoms with Crippen LogP contribution in [0, 0.1) is 0 Å². The minimum absolute atomic E-state index is 0.120. The molecule has 2 heteroatoms. The largest absolute Gasteiger partial charge is 0.488 e. The average Bonchev–Trinajstić information content (AvgIpc) is 2.49. The van der Waals surface area contributed by atoms with Crippen LogP contribution in [0.5, 0.6) is 5.75 Å². The first kappa shape index (κ1) is 13.6. The molecule has 0 saturated heterocycles. The zero-order valence-electron chi connectivity index (χ0n) is 11.5. The number of ether oxygens (including phenoxy) is 1. The molecular weight excluding hydrogens is 234 g/mol. The number of rotatable bonds is 6. The van der Waals surface area contributed by atoms with E-state index >= 15 is 0 Å². The number of benzene rings is 2. The number of para-hydroxylation sites is 1. The second kappa shape index (κ2) is 6.95. The summed E-state index contributed by atoms with van der Waals surface area (Å²) in [6, 6.07) is 20.6. The van der Waals surface area contributed by atoms with E-state index in [1.807, 2.05) is 43.4 Å². The van der Waals surface area contributed by atoms with Crippen LogP contribution in [0.25, 0.3) is 0 Å². The van der Waals surface area contributed by atoms with Gasteiger partial charge in [-0.1, -0.05) is 55.5 Å². The molecule has 0 amide bonds. The number of nitrogens with one attached hydrogen (secondary N) is 1. The summed E-state index contributed by atoms with van der Waals surface area (Å²) in [6.45, 7) is 2.15. The first-order valence-electron chi connectivity index (χ1n) is 6.79. The van der Waals surface area contributed by atoms with Gasteiger partial charge in [0.2, 0.25) is 0 Å². The molecule has 2 aromatic carbocycles. The van der Waals surface area contributed by atoms with Gasteiger partial charge < -0.3 is 10.1 Å². The van der Waals surface area contributed by atoms with Crippen molar-refractivity contribution < 1.29 is 4.74 Å². The van der Waals surface area contributed by atoms with Crippen LogP contribution < -0.4 is 10.1 Å². The molecule has 1 N–H and O–H groups in total. The number of hydrogen-bond donors (Lipinski definition) is 1. The van der Waals surface area contributed by atoms with Crippen molar-refractivity contribution >= 4 is 0 Å². The van der Waals surface area contributed by atoms with E-state index in [1.54, 1.807) is 0 Å². The molecule has 2 nitrogen and oxygen atoms in total. The standard InChI is InChI=1S/C17H21NO/c1-3-16(19-15-12-8-5-9-13-15)17(18-2)14-10-6-4-7-11-14/h4-13,16-18H,3H2,1-2H3. The van der Waals surface area contributed by atoms with Crippen LogP contribution in [0.3, 0.4) is 0 Å². The summed E-state index contributed by atoms with van der Waals surface area (Å²) in [6.07, 6.45) is 1.07. The molecule has 19 heavy (non-hydrogen) atoms. The predicted octanol–water partition coefficient (Wildman–Crippen LogP) is 3.80. The predicted molar refractivity (Wildman–Crippen MR) is 79.4 cm³/mol. The Hall–Kier alpha value is -1.80.